The third-order valence-electron chi connectivity index (χ3n) is 4.26. The summed E-state index contributed by atoms with van der Waals surface area (Å²) >= 11 is 6.28. The van der Waals surface area contributed by atoms with E-state index in [2.05, 4.69) is 35.6 Å². The fraction of sp³-hybridized carbons (Fsp3) is 0.0435. The molecule has 3 aromatic rings. The molecule has 5 heteroatoms. The van der Waals surface area contributed by atoms with Crippen LogP contribution in [-0.2, 0) is 11.4 Å². The van der Waals surface area contributed by atoms with Crippen LogP contribution in [0.5, 0.6) is 5.75 Å². The van der Waals surface area contributed by atoms with Gasteiger partial charge >= 0.3 is 0 Å². The van der Waals surface area contributed by atoms with Gasteiger partial charge < -0.3 is 10.1 Å². The Kier molecular flexibility index (Phi) is 5.55. The predicted octanol–water partition coefficient (Wildman–Crippen LogP) is 5.42. The minimum absolute atomic E-state index is 0.145. The smallest absolute Gasteiger partial charge is 0.263 e. The molecule has 4 rings (SSSR count). The van der Waals surface area contributed by atoms with Crippen LogP contribution in [0.15, 0.2) is 83.8 Å². The van der Waals surface area contributed by atoms with E-state index in [-0.39, 0.29) is 5.91 Å². The van der Waals surface area contributed by atoms with Gasteiger partial charge in [-0.3, -0.25) is 4.79 Å². The third-order valence-corrected chi connectivity index (χ3v) is 5.42. The molecular formula is C23H17NO2S2. The average molecular weight is 404 g/mol. The molecule has 0 unspecified atom stereocenters. The number of benzene rings is 3. The molecule has 0 bridgehead atoms. The summed E-state index contributed by atoms with van der Waals surface area (Å²) in [7, 11) is 0. The van der Waals surface area contributed by atoms with Gasteiger partial charge in [0.1, 0.15) is 16.7 Å². The first-order valence-corrected chi connectivity index (χ1v) is 10.0. The molecule has 1 fully saturated rings. The number of rotatable bonds is 5. The van der Waals surface area contributed by atoms with Crippen molar-refractivity contribution in [1.29, 1.82) is 0 Å². The predicted molar refractivity (Wildman–Crippen MR) is 119 cm³/mol. The van der Waals surface area contributed by atoms with Crippen molar-refractivity contribution in [3.63, 3.8) is 0 Å². The molecule has 3 aromatic carbocycles. The van der Waals surface area contributed by atoms with Gasteiger partial charge in [-0.1, -0.05) is 84.6 Å². The molecule has 28 heavy (non-hydrogen) atoms. The molecule has 3 nitrogen and oxygen atoms in total. The minimum Gasteiger partial charge on any atom is -0.489 e. The molecule has 1 amide bonds. The Morgan fingerprint density at radius 3 is 2.39 bits per heavy atom. The lowest BCUT2D eigenvalue weighted by Crippen LogP contribution is -2.17. The topological polar surface area (TPSA) is 38.3 Å². The zero-order valence-electron chi connectivity index (χ0n) is 14.9. The van der Waals surface area contributed by atoms with E-state index >= 15 is 0 Å². The Morgan fingerprint density at radius 2 is 1.68 bits per heavy atom. The summed E-state index contributed by atoms with van der Waals surface area (Å²) in [5, 5.41) is 2.62. The first-order valence-electron chi connectivity index (χ1n) is 8.79. The minimum atomic E-state index is -0.145. The highest BCUT2D eigenvalue weighted by molar-refractivity contribution is 8.26. The standard InChI is InChI=1S/C23H17NO2S2/c25-22-21(28-23(27)24-22)14-16-9-11-20(12-10-16)26-15-17-5-4-8-19(13-17)18-6-2-1-3-7-18/h1-14H,15H2,(H,24,25,27)/b21-14-. The monoisotopic (exact) mass is 403 g/mol. The van der Waals surface area contributed by atoms with Crippen LogP contribution in [0.2, 0.25) is 0 Å². The zero-order chi connectivity index (χ0) is 19.3. The molecule has 1 N–H and O–H groups in total. The molecular weight excluding hydrogens is 386 g/mol. The largest absolute Gasteiger partial charge is 0.489 e. The van der Waals surface area contributed by atoms with Crippen molar-refractivity contribution in [2.24, 2.45) is 0 Å². The molecule has 0 radical (unpaired) electrons. The summed E-state index contributed by atoms with van der Waals surface area (Å²) in [4.78, 5) is 12.3. The number of carbonyl (C=O) groups excluding carboxylic acids is 1. The highest BCUT2D eigenvalue weighted by Gasteiger charge is 2.21. The summed E-state index contributed by atoms with van der Waals surface area (Å²) in [5.41, 5.74) is 4.41. The van der Waals surface area contributed by atoms with E-state index in [1.807, 2.05) is 54.6 Å². The van der Waals surface area contributed by atoms with E-state index in [0.29, 0.717) is 15.8 Å². The van der Waals surface area contributed by atoms with Gasteiger partial charge in [-0.05, 0) is 46.5 Å². The fourth-order valence-electron chi connectivity index (χ4n) is 2.87. The van der Waals surface area contributed by atoms with E-state index in [9.17, 15) is 4.79 Å². The maximum Gasteiger partial charge on any atom is 0.263 e. The Bertz CT molecular complexity index is 1040. The second-order valence-corrected chi connectivity index (χ2v) is 8.00. The van der Waals surface area contributed by atoms with Gasteiger partial charge in [-0.25, -0.2) is 0 Å². The maximum absolute atomic E-state index is 11.7. The Balaban J connectivity index is 1.41. The van der Waals surface area contributed by atoms with Gasteiger partial charge in [0.25, 0.3) is 5.91 Å². The summed E-state index contributed by atoms with van der Waals surface area (Å²) in [6, 6.07) is 26.3. The first kappa shape index (κ1) is 18.5. The lowest BCUT2D eigenvalue weighted by molar-refractivity contribution is -0.115. The Hall–Kier alpha value is -2.89. The average Bonchev–Trinajstić information content (AvgIpc) is 3.05. The van der Waals surface area contributed by atoms with Gasteiger partial charge in [-0.15, -0.1) is 0 Å². The van der Waals surface area contributed by atoms with Crippen LogP contribution < -0.4 is 10.1 Å². The van der Waals surface area contributed by atoms with Crippen molar-refractivity contribution in [1.82, 2.24) is 5.32 Å². The van der Waals surface area contributed by atoms with Crippen LogP contribution in [-0.4, -0.2) is 10.2 Å². The van der Waals surface area contributed by atoms with E-state index in [1.165, 1.54) is 22.9 Å². The normalized spacial score (nSPS) is 14.9. The summed E-state index contributed by atoms with van der Waals surface area (Å²) in [6.07, 6.45) is 1.83. The molecule has 1 heterocycles. The van der Waals surface area contributed by atoms with Crippen LogP contribution >= 0.6 is 24.0 Å². The van der Waals surface area contributed by atoms with Crippen LogP contribution in [0.4, 0.5) is 0 Å². The van der Waals surface area contributed by atoms with Gasteiger partial charge in [0.15, 0.2) is 0 Å². The van der Waals surface area contributed by atoms with Crippen LogP contribution in [0, 0.1) is 0 Å². The van der Waals surface area contributed by atoms with E-state index in [0.717, 1.165) is 16.9 Å². The number of carbonyl (C=O) groups is 1. The van der Waals surface area contributed by atoms with Gasteiger partial charge in [0.05, 0.1) is 4.91 Å². The van der Waals surface area contributed by atoms with Gasteiger partial charge in [0.2, 0.25) is 0 Å². The van der Waals surface area contributed by atoms with Crippen LogP contribution in [0.25, 0.3) is 17.2 Å². The molecule has 1 aliphatic rings. The van der Waals surface area contributed by atoms with Gasteiger partial charge in [-0.2, -0.15) is 0 Å². The number of amides is 1. The molecule has 0 aromatic heterocycles. The van der Waals surface area contributed by atoms with Crippen molar-refractivity contribution in [3.05, 3.63) is 94.9 Å². The first-order chi connectivity index (χ1) is 13.7. The Labute approximate surface area is 173 Å². The van der Waals surface area contributed by atoms with Crippen molar-refractivity contribution in [2.75, 3.05) is 0 Å². The van der Waals surface area contributed by atoms with Gasteiger partial charge in [0, 0.05) is 0 Å². The molecule has 138 valence electrons. The maximum atomic E-state index is 11.7. The van der Waals surface area contributed by atoms with E-state index < -0.39 is 0 Å². The number of hydrogen-bond acceptors (Lipinski definition) is 4. The van der Waals surface area contributed by atoms with Crippen molar-refractivity contribution >= 4 is 40.3 Å². The zero-order valence-corrected chi connectivity index (χ0v) is 16.6. The lowest BCUT2D eigenvalue weighted by atomic mass is 10.0. The summed E-state index contributed by atoms with van der Waals surface area (Å²) in [5.74, 6) is 0.639. The highest BCUT2D eigenvalue weighted by atomic mass is 32.2. The van der Waals surface area contributed by atoms with Crippen molar-refractivity contribution < 1.29 is 9.53 Å². The number of ether oxygens (including phenoxy) is 1. The quantitative estimate of drug-likeness (QED) is 0.456. The number of thioether (sulfide) groups is 1. The van der Waals surface area contributed by atoms with E-state index in [4.69, 9.17) is 17.0 Å². The number of thiocarbonyl (C=S) groups is 1. The molecule has 1 aliphatic heterocycles. The van der Waals surface area contributed by atoms with Crippen molar-refractivity contribution in [2.45, 2.75) is 6.61 Å². The third kappa shape index (κ3) is 4.50. The second kappa shape index (κ2) is 8.42. The van der Waals surface area contributed by atoms with E-state index in [1.54, 1.807) is 0 Å². The summed E-state index contributed by atoms with van der Waals surface area (Å²) < 4.78 is 6.41. The second-order valence-electron chi connectivity index (χ2n) is 6.28. The summed E-state index contributed by atoms with van der Waals surface area (Å²) in [6.45, 7) is 0.494. The van der Waals surface area contributed by atoms with Crippen LogP contribution in [0.3, 0.4) is 0 Å². The Morgan fingerprint density at radius 1 is 0.929 bits per heavy atom. The molecule has 0 spiro atoms. The number of hydrogen-bond donors (Lipinski definition) is 1. The SMILES string of the molecule is O=C1NC(=S)S/C1=C\c1ccc(OCc2cccc(-c3ccccc3)c2)cc1. The van der Waals surface area contributed by atoms with Crippen LogP contribution in [0.1, 0.15) is 11.1 Å². The fourth-order valence-corrected chi connectivity index (χ4v) is 3.91. The number of nitrogens with one attached hydrogen (secondary N) is 1. The lowest BCUT2D eigenvalue weighted by Gasteiger charge is -2.09. The highest BCUT2D eigenvalue weighted by Crippen LogP contribution is 2.26. The molecule has 1 saturated heterocycles. The molecule has 0 atom stereocenters. The van der Waals surface area contributed by atoms with Crippen molar-refractivity contribution in [3.8, 4) is 16.9 Å². The molecule has 0 saturated carbocycles. The molecule has 0 aliphatic carbocycles.